The summed E-state index contributed by atoms with van der Waals surface area (Å²) in [7, 11) is 0. The Morgan fingerprint density at radius 2 is 1.96 bits per heavy atom. The SMILES string of the molecule is CCOc1cc(/C=N/Nc2ccccc2)ccc1OCC(N)=O. The first-order valence-electron chi connectivity index (χ1n) is 7.21. The largest absolute Gasteiger partial charge is 0.490 e. The zero-order valence-electron chi connectivity index (χ0n) is 12.9. The molecule has 0 aliphatic rings. The molecule has 3 N–H and O–H groups in total. The minimum atomic E-state index is -0.537. The van der Waals surface area contributed by atoms with E-state index in [1.165, 1.54) is 0 Å². The van der Waals surface area contributed by atoms with Gasteiger partial charge in [0.05, 0.1) is 18.5 Å². The number of anilines is 1. The van der Waals surface area contributed by atoms with Crippen molar-refractivity contribution in [3.05, 3.63) is 54.1 Å². The van der Waals surface area contributed by atoms with Crippen LogP contribution in [0.2, 0.25) is 0 Å². The van der Waals surface area contributed by atoms with E-state index in [4.69, 9.17) is 15.2 Å². The van der Waals surface area contributed by atoms with Gasteiger partial charge in [-0.1, -0.05) is 18.2 Å². The van der Waals surface area contributed by atoms with Crippen LogP contribution in [0, 0.1) is 0 Å². The molecule has 0 radical (unpaired) electrons. The van der Waals surface area contributed by atoms with Crippen LogP contribution in [0.1, 0.15) is 12.5 Å². The van der Waals surface area contributed by atoms with Crippen LogP contribution in [0.3, 0.4) is 0 Å². The zero-order valence-corrected chi connectivity index (χ0v) is 12.9. The van der Waals surface area contributed by atoms with Gasteiger partial charge < -0.3 is 15.2 Å². The smallest absolute Gasteiger partial charge is 0.255 e. The third kappa shape index (κ3) is 5.35. The first-order valence-corrected chi connectivity index (χ1v) is 7.21. The number of para-hydroxylation sites is 1. The molecule has 2 rings (SSSR count). The molecule has 0 saturated carbocycles. The lowest BCUT2D eigenvalue weighted by Crippen LogP contribution is -2.20. The molecule has 2 aromatic rings. The van der Waals surface area contributed by atoms with E-state index < -0.39 is 5.91 Å². The van der Waals surface area contributed by atoms with Crippen molar-refractivity contribution in [3.8, 4) is 11.5 Å². The highest BCUT2D eigenvalue weighted by atomic mass is 16.5. The highest BCUT2D eigenvalue weighted by Crippen LogP contribution is 2.28. The van der Waals surface area contributed by atoms with Crippen LogP contribution in [0.25, 0.3) is 0 Å². The summed E-state index contributed by atoms with van der Waals surface area (Å²) in [4.78, 5) is 10.8. The van der Waals surface area contributed by atoms with Crippen LogP contribution < -0.4 is 20.6 Å². The number of hydrazone groups is 1. The maximum Gasteiger partial charge on any atom is 0.255 e. The Hall–Kier alpha value is -3.02. The molecule has 0 unspecified atom stereocenters. The molecule has 0 saturated heterocycles. The molecule has 120 valence electrons. The van der Waals surface area contributed by atoms with Crippen LogP contribution in [0.5, 0.6) is 11.5 Å². The van der Waals surface area contributed by atoms with E-state index in [1.54, 1.807) is 18.3 Å². The van der Waals surface area contributed by atoms with E-state index in [9.17, 15) is 4.79 Å². The van der Waals surface area contributed by atoms with Gasteiger partial charge in [-0.3, -0.25) is 10.2 Å². The summed E-state index contributed by atoms with van der Waals surface area (Å²) >= 11 is 0. The van der Waals surface area contributed by atoms with E-state index in [1.807, 2.05) is 43.3 Å². The maximum atomic E-state index is 10.8. The number of hydrogen-bond acceptors (Lipinski definition) is 5. The fourth-order valence-electron chi connectivity index (χ4n) is 1.84. The van der Waals surface area contributed by atoms with Crippen molar-refractivity contribution < 1.29 is 14.3 Å². The van der Waals surface area contributed by atoms with E-state index in [2.05, 4.69) is 10.5 Å². The third-order valence-corrected chi connectivity index (χ3v) is 2.82. The average Bonchev–Trinajstić information content (AvgIpc) is 2.55. The Morgan fingerprint density at radius 3 is 2.65 bits per heavy atom. The van der Waals surface area contributed by atoms with E-state index in [0.29, 0.717) is 18.1 Å². The van der Waals surface area contributed by atoms with E-state index in [-0.39, 0.29) is 6.61 Å². The van der Waals surface area contributed by atoms with E-state index >= 15 is 0 Å². The monoisotopic (exact) mass is 313 g/mol. The number of carbonyl (C=O) groups excluding carboxylic acids is 1. The van der Waals surface area contributed by atoms with Crippen molar-refractivity contribution in [1.29, 1.82) is 0 Å². The summed E-state index contributed by atoms with van der Waals surface area (Å²) in [5.41, 5.74) is 9.75. The standard InChI is InChI=1S/C17H19N3O3/c1-2-22-16-10-13(8-9-15(16)23-12-17(18)21)11-19-20-14-6-4-3-5-7-14/h3-11,20H,2,12H2,1H3,(H2,18,21)/b19-11+. The van der Waals surface area contributed by atoms with Gasteiger partial charge >= 0.3 is 0 Å². The highest BCUT2D eigenvalue weighted by Gasteiger charge is 2.07. The summed E-state index contributed by atoms with van der Waals surface area (Å²) in [5, 5.41) is 4.17. The second-order valence-corrected chi connectivity index (χ2v) is 4.63. The first-order chi connectivity index (χ1) is 11.2. The fraction of sp³-hybridized carbons (Fsp3) is 0.176. The van der Waals surface area contributed by atoms with Gasteiger partial charge in [-0.05, 0) is 42.8 Å². The number of primary amides is 1. The van der Waals surface area contributed by atoms with Gasteiger partial charge in [0.15, 0.2) is 18.1 Å². The molecule has 2 aromatic carbocycles. The van der Waals surface area contributed by atoms with Crippen LogP contribution >= 0.6 is 0 Å². The minimum Gasteiger partial charge on any atom is -0.490 e. The van der Waals surface area contributed by atoms with Crippen molar-refractivity contribution in [3.63, 3.8) is 0 Å². The Labute approximate surface area is 134 Å². The third-order valence-electron chi connectivity index (χ3n) is 2.82. The number of ether oxygens (including phenoxy) is 2. The van der Waals surface area contributed by atoms with Gasteiger partial charge in [-0.15, -0.1) is 0 Å². The average molecular weight is 313 g/mol. The topological polar surface area (TPSA) is 85.9 Å². The molecule has 0 aliphatic heterocycles. The fourth-order valence-corrected chi connectivity index (χ4v) is 1.84. The molecular weight excluding hydrogens is 294 g/mol. The Balaban J connectivity index is 2.07. The highest BCUT2D eigenvalue weighted by molar-refractivity contribution is 5.81. The van der Waals surface area contributed by atoms with Gasteiger partial charge in [0.1, 0.15) is 0 Å². The molecule has 0 bridgehead atoms. The van der Waals surface area contributed by atoms with Crippen molar-refractivity contribution >= 4 is 17.8 Å². The second-order valence-electron chi connectivity index (χ2n) is 4.63. The number of nitrogens with one attached hydrogen (secondary N) is 1. The summed E-state index contributed by atoms with van der Waals surface area (Å²) < 4.78 is 10.8. The predicted octanol–water partition coefficient (Wildman–Crippen LogP) is 2.40. The van der Waals surface area contributed by atoms with Crippen molar-refractivity contribution in [2.75, 3.05) is 18.6 Å². The number of nitrogens with zero attached hydrogens (tertiary/aromatic N) is 1. The summed E-state index contributed by atoms with van der Waals surface area (Å²) in [5.74, 6) is 0.473. The molecule has 0 heterocycles. The Bertz CT molecular complexity index is 672. The number of benzene rings is 2. The van der Waals surface area contributed by atoms with E-state index in [0.717, 1.165) is 11.3 Å². The molecule has 23 heavy (non-hydrogen) atoms. The molecule has 0 spiro atoms. The van der Waals surface area contributed by atoms with Crippen LogP contribution in [0.4, 0.5) is 5.69 Å². The number of hydrogen-bond donors (Lipinski definition) is 2. The van der Waals surface area contributed by atoms with Crippen molar-refractivity contribution in [1.82, 2.24) is 0 Å². The lowest BCUT2D eigenvalue weighted by Gasteiger charge is -2.11. The van der Waals surface area contributed by atoms with Crippen LogP contribution in [0.15, 0.2) is 53.6 Å². The van der Waals surface area contributed by atoms with Gasteiger partial charge in [0.25, 0.3) is 5.91 Å². The lowest BCUT2D eigenvalue weighted by atomic mass is 10.2. The summed E-state index contributed by atoms with van der Waals surface area (Å²) in [6.45, 7) is 2.16. The molecule has 0 fully saturated rings. The molecule has 1 amide bonds. The maximum absolute atomic E-state index is 10.8. The molecule has 6 nitrogen and oxygen atoms in total. The van der Waals surface area contributed by atoms with Crippen LogP contribution in [-0.2, 0) is 4.79 Å². The van der Waals surface area contributed by atoms with Gasteiger partial charge in [0, 0.05) is 0 Å². The molecular formula is C17H19N3O3. The molecule has 0 aliphatic carbocycles. The number of amides is 1. The Morgan fingerprint density at radius 1 is 1.17 bits per heavy atom. The number of rotatable bonds is 8. The quantitative estimate of drug-likeness (QED) is 0.579. The molecule has 6 heteroatoms. The van der Waals surface area contributed by atoms with Gasteiger partial charge in [0.2, 0.25) is 0 Å². The molecule has 0 aromatic heterocycles. The summed E-state index contributed by atoms with van der Waals surface area (Å²) in [6.07, 6.45) is 1.67. The first kappa shape index (κ1) is 16.4. The normalized spacial score (nSPS) is 10.5. The number of nitrogens with two attached hydrogens (primary N) is 1. The lowest BCUT2D eigenvalue weighted by molar-refractivity contribution is -0.119. The van der Waals surface area contributed by atoms with Crippen molar-refractivity contribution in [2.45, 2.75) is 6.92 Å². The van der Waals surface area contributed by atoms with Crippen LogP contribution in [-0.4, -0.2) is 25.3 Å². The summed E-state index contributed by atoms with van der Waals surface area (Å²) in [6, 6.07) is 15.0. The Kier molecular flexibility index (Phi) is 5.99. The number of carbonyl (C=O) groups is 1. The molecule has 0 atom stereocenters. The minimum absolute atomic E-state index is 0.191. The zero-order chi connectivity index (χ0) is 16.5. The van der Waals surface area contributed by atoms with Gasteiger partial charge in [-0.2, -0.15) is 5.10 Å². The predicted molar refractivity (Wildman–Crippen MR) is 90.0 cm³/mol. The van der Waals surface area contributed by atoms with Crippen molar-refractivity contribution in [2.24, 2.45) is 10.8 Å². The van der Waals surface area contributed by atoms with Gasteiger partial charge in [-0.25, -0.2) is 0 Å². The second kappa shape index (κ2) is 8.43.